The number of aliphatic hydroxyl groups is 1. The molecule has 1 aliphatic carbocycles. The molecule has 37 heavy (non-hydrogen) atoms. The Kier molecular flexibility index (Phi) is 9.60. The van der Waals surface area contributed by atoms with Gasteiger partial charge in [0.2, 0.25) is 12.5 Å². The fourth-order valence-electron chi connectivity index (χ4n) is 5.44. The van der Waals surface area contributed by atoms with Crippen LogP contribution in [0.2, 0.25) is 0 Å². The topological polar surface area (TPSA) is 128 Å². The van der Waals surface area contributed by atoms with Crippen LogP contribution in [0.3, 0.4) is 0 Å². The van der Waals surface area contributed by atoms with Gasteiger partial charge in [0.25, 0.3) is 0 Å². The highest BCUT2D eigenvalue weighted by Crippen LogP contribution is 2.55. The number of carbonyl (C=O) groups is 1. The van der Waals surface area contributed by atoms with Crippen molar-refractivity contribution in [2.24, 2.45) is 11.8 Å². The Morgan fingerprint density at radius 2 is 1.59 bits per heavy atom. The maximum Gasteiger partial charge on any atom is 0.310 e. The van der Waals surface area contributed by atoms with Crippen LogP contribution in [0.1, 0.15) is 28.7 Å². The summed E-state index contributed by atoms with van der Waals surface area (Å²) in [6.45, 7) is 2.33. The largest absolute Gasteiger partial charge is 0.502 e. The van der Waals surface area contributed by atoms with E-state index >= 15 is 0 Å². The monoisotopic (exact) mass is 558 g/mol. The molecule has 2 aliphatic heterocycles. The highest BCUT2D eigenvalue weighted by atomic mass is 35.5. The molecule has 204 valence electrons. The van der Waals surface area contributed by atoms with Crippen LogP contribution in [0.25, 0.3) is 0 Å². The summed E-state index contributed by atoms with van der Waals surface area (Å²) in [5.74, 6) is 0.513. The highest BCUT2D eigenvalue weighted by Gasteiger charge is 2.52. The predicted molar refractivity (Wildman–Crippen MR) is 139 cm³/mol. The average molecular weight is 559 g/mol. The van der Waals surface area contributed by atoms with Gasteiger partial charge in [-0.2, -0.15) is 0 Å². The fourth-order valence-corrected chi connectivity index (χ4v) is 5.44. The van der Waals surface area contributed by atoms with Crippen molar-refractivity contribution < 1.29 is 38.7 Å². The van der Waals surface area contributed by atoms with Crippen LogP contribution in [0.5, 0.6) is 28.7 Å². The second kappa shape index (κ2) is 12.3. The minimum atomic E-state index is -0.454. The molecule has 0 saturated carbocycles. The van der Waals surface area contributed by atoms with E-state index in [9.17, 15) is 9.90 Å². The van der Waals surface area contributed by atoms with Gasteiger partial charge < -0.3 is 44.5 Å². The van der Waals surface area contributed by atoms with Gasteiger partial charge in [0.1, 0.15) is 0 Å². The second-order valence-electron chi connectivity index (χ2n) is 8.81. The molecule has 0 amide bonds. The van der Waals surface area contributed by atoms with Gasteiger partial charge >= 0.3 is 5.97 Å². The predicted octanol–water partition coefficient (Wildman–Crippen LogP) is 2.13. The number of phenols is 1. The molecule has 4 N–H and O–H groups in total. The van der Waals surface area contributed by atoms with Crippen molar-refractivity contribution in [2.75, 3.05) is 53.9 Å². The van der Waals surface area contributed by atoms with Crippen molar-refractivity contribution >= 4 is 30.8 Å². The molecule has 2 aromatic rings. The van der Waals surface area contributed by atoms with E-state index in [-0.39, 0.29) is 79.3 Å². The number of cyclic esters (lactones) is 1. The van der Waals surface area contributed by atoms with Crippen LogP contribution in [0, 0.1) is 11.8 Å². The zero-order chi connectivity index (χ0) is 24.5. The molecule has 2 aromatic carbocycles. The fraction of sp³-hybridized carbons (Fsp3) is 0.480. The van der Waals surface area contributed by atoms with E-state index in [4.69, 9.17) is 28.8 Å². The Balaban J connectivity index is 0.00000190. The standard InChI is InChI=1S/C25H30N2O8.2ClH/c1-31-19-7-13(8-20(32-2)24(19)29)21-14-9-17-18(35-12-34-17)10-15(14)23(27-4-3-26-5-6-28)16-11-33-25(30)22(16)21;;/h7-10,16,21-23,26-29H,3-6,11-12H2,1-2H3;2*1H/t16-,21+,22-,23+;;/m0../s1. The number of esters is 1. The van der Waals surface area contributed by atoms with Gasteiger partial charge in [-0.25, -0.2) is 0 Å². The molecule has 0 aromatic heterocycles. The van der Waals surface area contributed by atoms with Gasteiger partial charge in [-0.1, -0.05) is 0 Å². The third-order valence-corrected chi connectivity index (χ3v) is 7.00. The molecule has 5 rings (SSSR count). The molecule has 3 aliphatic rings. The second-order valence-corrected chi connectivity index (χ2v) is 8.81. The van der Waals surface area contributed by atoms with E-state index in [2.05, 4.69) is 10.6 Å². The Morgan fingerprint density at radius 3 is 2.22 bits per heavy atom. The van der Waals surface area contributed by atoms with Crippen molar-refractivity contribution in [1.82, 2.24) is 10.6 Å². The number of aliphatic hydroxyl groups excluding tert-OH is 1. The van der Waals surface area contributed by atoms with E-state index in [0.717, 1.165) is 16.7 Å². The summed E-state index contributed by atoms with van der Waals surface area (Å²) < 4.78 is 27.7. The van der Waals surface area contributed by atoms with Crippen LogP contribution in [-0.2, 0) is 9.53 Å². The SMILES string of the molecule is COc1cc([C@@H]2c3cc4c(cc3[C@@H](NCCNCCO)[C@H]3COC(=O)[C@H]23)OCO4)cc(OC)c1O.Cl.Cl. The van der Waals surface area contributed by atoms with Crippen LogP contribution < -0.4 is 29.6 Å². The summed E-state index contributed by atoms with van der Waals surface area (Å²) in [4.78, 5) is 13.1. The number of methoxy groups -OCH3 is 2. The number of halogens is 2. The minimum absolute atomic E-state index is 0. The lowest BCUT2D eigenvalue weighted by molar-refractivity contribution is -0.141. The normalized spacial score (nSPS) is 22.7. The molecule has 12 heteroatoms. The maximum atomic E-state index is 13.1. The first-order chi connectivity index (χ1) is 17.1. The number of fused-ring (bicyclic) bond motifs is 3. The zero-order valence-corrected chi connectivity index (χ0v) is 22.2. The Morgan fingerprint density at radius 1 is 0.946 bits per heavy atom. The van der Waals surface area contributed by atoms with Crippen molar-refractivity contribution in [3.05, 3.63) is 41.0 Å². The lowest BCUT2D eigenvalue weighted by atomic mass is 9.65. The number of carbonyl (C=O) groups excluding carboxylic acids is 1. The number of ether oxygens (including phenoxy) is 5. The third kappa shape index (κ3) is 5.21. The van der Waals surface area contributed by atoms with Gasteiger partial charge in [0.15, 0.2) is 23.0 Å². The Hall–Kier alpha value is -2.63. The average Bonchev–Trinajstić information content (AvgIpc) is 3.49. The van der Waals surface area contributed by atoms with Gasteiger partial charge in [0.05, 0.1) is 33.4 Å². The van der Waals surface area contributed by atoms with Gasteiger partial charge in [-0.3, -0.25) is 4.79 Å². The molecule has 2 heterocycles. The summed E-state index contributed by atoms with van der Waals surface area (Å²) in [7, 11) is 2.95. The van der Waals surface area contributed by atoms with Crippen molar-refractivity contribution in [2.45, 2.75) is 12.0 Å². The number of benzene rings is 2. The molecule has 0 radical (unpaired) electrons. The number of hydrogen-bond acceptors (Lipinski definition) is 10. The molecular weight excluding hydrogens is 527 g/mol. The lowest BCUT2D eigenvalue weighted by Gasteiger charge is -2.39. The van der Waals surface area contributed by atoms with Crippen molar-refractivity contribution in [1.29, 1.82) is 0 Å². The van der Waals surface area contributed by atoms with E-state index in [0.29, 0.717) is 37.7 Å². The zero-order valence-electron chi connectivity index (χ0n) is 20.5. The van der Waals surface area contributed by atoms with Crippen LogP contribution in [0.4, 0.5) is 0 Å². The summed E-state index contributed by atoms with van der Waals surface area (Å²) >= 11 is 0. The first-order valence-electron chi connectivity index (χ1n) is 11.7. The number of rotatable bonds is 9. The van der Waals surface area contributed by atoms with E-state index in [1.165, 1.54) is 14.2 Å². The van der Waals surface area contributed by atoms with E-state index in [1.807, 2.05) is 12.1 Å². The lowest BCUT2D eigenvalue weighted by Crippen LogP contribution is -2.42. The first kappa shape index (κ1) is 28.9. The Labute approximate surface area is 227 Å². The van der Waals surface area contributed by atoms with E-state index < -0.39 is 5.92 Å². The van der Waals surface area contributed by atoms with Crippen molar-refractivity contribution in [3.63, 3.8) is 0 Å². The summed E-state index contributed by atoms with van der Waals surface area (Å²) in [5.41, 5.74) is 2.70. The summed E-state index contributed by atoms with van der Waals surface area (Å²) in [5, 5.41) is 26.2. The Bertz CT molecular complexity index is 1090. The smallest absolute Gasteiger partial charge is 0.310 e. The quantitative estimate of drug-likeness (QED) is 0.268. The third-order valence-electron chi connectivity index (χ3n) is 7.00. The molecule has 1 fully saturated rings. The number of hydrogen-bond donors (Lipinski definition) is 4. The molecule has 0 spiro atoms. The first-order valence-corrected chi connectivity index (χ1v) is 11.7. The number of nitrogens with one attached hydrogen (secondary N) is 2. The van der Waals surface area contributed by atoms with Gasteiger partial charge in [0, 0.05) is 37.5 Å². The van der Waals surface area contributed by atoms with Gasteiger partial charge in [-0.15, -0.1) is 24.8 Å². The van der Waals surface area contributed by atoms with Crippen LogP contribution in [0.15, 0.2) is 24.3 Å². The summed E-state index contributed by atoms with van der Waals surface area (Å²) in [6, 6.07) is 7.26. The van der Waals surface area contributed by atoms with Crippen molar-refractivity contribution in [3.8, 4) is 28.7 Å². The van der Waals surface area contributed by atoms with Crippen LogP contribution >= 0.6 is 24.8 Å². The highest BCUT2D eigenvalue weighted by molar-refractivity contribution is 5.85. The summed E-state index contributed by atoms with van der Waals surface area (Å²) in [6.07, 6.45) is 0. The number of phenolic OH excluding ortho intramolecular Hbond substituents is 1. The molecule has 0 bridgehead atoms. The molecule has 1 saturated heterocycles. The molecule has 4 atom stereocenters. The number of aromatic hydroxyl groups is 1. The molecule has 0 unspecified atom stereocenters. The molecular formula is C25H32Cl2N2O8. The van der Waals surface area contributed by atoms with E-state index in [1.54, 1.807) is 12.1 Å². The van der Waals surface area contributed by atoms with Gasteiger partial charge in [-0.05, 0) is 41.0 Å². The molecule has 10 nitrogen and oxygen atoms in total. The maximum absolute atomic E-state index is 13.1. The minimum Gasteiger partial charge on any atom is -0.502 e. The van der Waals surface area contributed by atoms with Crippen LogP contribution in [-0.4, -0.2) is 70.0 Å².